The molecule has 0 aromatic heterocycles. The highest BCUT2D eigenvalue weighted by molar-refractivity contribution is 6.12. The molecule has 1 aliphatic carbocycles. The second-order valence-electron chi connectivity index (χ2n) is 9.47. The number of ketones is 1. The van der Waals surface area contributed by atoms with Crippen LogP contribution in [0, 0.1) is 13.8 Å². The first-order valence-corrected chi connectivity index (χ1v) is 11.9. The van der Waals surface area contributed by atoms with Gasteiger partial charge in [0.25, 0.3) is 0 Å². The third-order valence-electron chi connectivity index (χ3n) is 6.77. The van der Waals surface area contributed by atoms with Crippen LogP contribution >= 0.6 is 0 Å². The molecule has 0 fully saturated rings. The minimum absolute atomic E-state index is 0.168. The fourth-order valence-corrected chi connectivity index (χ4v) is 5.05. The number of benzene rings is 4. The van der Waals surface area contributed by atoms with Crippen molar-refractivity contribution in [2.24, 2.45) is 0 Å². The van der Waals surface area contributed by atoms with Crippen LogP contribution in [0.1, 0.15) is 60.4 Å². The van der Waals surface area contributed by atoms with Crippen LogP contribution in [0.2, 0.25) is 0 Å². The Bertz CT molecular complexity index is 1290. The summed E-state index contributed by atoms with van der Waals surface area (Å²) in [6.07, 6.45) is 4.93. The van der Waals surface area contributed by atoms with Crippen LogP contribution in [0.25, 0.3) is 0 Å². The first-order valence-electron chi connectivity index (χ1n) is 11.9. The summed E-state index contributed by atoms with van der Waals surface area (Å²) in [7, 11) is 0. The van der Waals surface area contributed by atoms with E-state index in [0.29, 0.717) is 0 Å². The van der Waals surface area contributed by atoms with E-state index in [9.17, 15) is 4.79 Å². The molecule has 0 amide bonds. The van der Waals surface area contributed by atoms with E-state index in [2.05, 4.69) is 80.6 Å². The molecular weight excluding hydrogens is 400 g/mol. The first-order chi connectivity index (χ1) is 16.0. The number of carbonyl (C=O) groups is 1. The van der Waals surface area contributed by atoms with Gasteiger partial charge < -0.3 is 0 Å². The van der Waals surface area contributed by atoms with Crippen LogP contribution in [-0.2, 0) is 32.1 Å². The predicted molar refractivity (Wildman–Crippen MR) is 136 cm³/mol. The van der Waals surface area contributed by atoms with E-state index in [4.69, 9.17) is 0 Å². The zero-order valence-electron chi connectivity index (χ0n) is 19.5. The topological polar surface area (TPSA) is 17.1 Å². The summed E-state index contributed by atoms with van der Waals surface area (Å²) < 4.78 is 0. The number of hydrogen-bond acceptors (Lipinski definition) is 1. The van der Waals surface area contributed by atoms with Gasteiger partial charge in [-0.1, -0.05) is 90.0 Å². The maximum atomic E-state index is 13.0. The average molecular weight is 431 g/mol. The molecule has 0 saturated carbocycles. The maximum absolute atomic E-state index is 13.0. The van der Waals surface area contributed by atoms with Crippen molar-refractivity contribution in [2.45, 2.75) is 46.0 Å². The molecule has 1 heteroatoms. The predicted octanol–water partition coefficient (Wildman–Crippen LogP) is 7.01. The summed E-state index contributed by atoms with van der Waals surface area (Å²) in [5, 5.41) is 0. The van der Waals surface area contributed by atoms with E-state index < -0.39 is 0 Å². The molecule has 1 nitrogen and oxygen atoms in total. The second kappa shape index (κ2) is 9.19. The van der Waals surface area contributed by atoms with Gasteiger partial charge in [-0.15, -0.1) is 0 Å². The third kappa shape index (κ3) is 4.83. The van der Waals surface area contributed by atoms with Gasteiger partial charge in [-0.25, -0.2) is 0 Å². The Hall–Kier alpha value is -3.45. The molecule has 4 aromatic carbocycles. The van der Waals surface area contributed by atoms with Gasteiger partial charge in [0.15, 0.2) is 5.78 Å². The minimum Gasteiger partial charge on any atom is -0.289 e. The van der Waals surface area contributed by atoms with E-state index in [1.807, 2.05) is 18.2 Å². The molecule has 0 N–H and O–H groups in total. The molecule has 0 saturated heterocycles. The summed E-state index contributed by atoms with van der Waals surface area (Å²) in [6, 6.07) is 30.3. The Labute approximate surface area is 197 Å². The fourth-order valence-electron chi connectivity index (χ4n) is 5.05. The summed E-state index contributed by atoms with van der Waals surface area (Å²) in [6.45, 7) is 4.34. The van der Waals surface area contributed by atoms with Crippen LogP contribution in [0.4, 0.5) is 0 Å². The smallest absolute Gasteiger partial charge is 0.193 e. The third-order valence-corrected chi connectivity index (χ3v) is 6.77. The molecule has 1 aliphatic rings. The quantitative estimate of drug-likeness (QED) is 0.283. The van der Waals surface area contributed by atoms with E-state index >= 15 is 0 Å². The van der Waals surface area contributed by atoms with Gasteiger partial charge in [0.2, 0.25) is 0 Å². The largest absolute Gasteiger partial charge is 0.289 e. The fraction of sp³-hybridized carbons (Fsp3) is 0.219. The normalized spacial score (nSPS) is 12.4. The molecule has 0 heterocycles. The second-order valence-corrected chi connectivity index (χ2v) is 9.47. The van der Waals surface area contributed by atoms with Crippen molar-refractivity contribution in [3.63, 3.8) is 0 Å². The maximum Gasteiger partial charge on any atom is 0.193 e. The van der Waals surface area contributed by atoms with Crippen molar-refractivity contribution in [1.29, 1.82) is 0 Å². The van der Waals surface area contributed by atoms with Crippen LogP contribution in [0.5, 0.6) is 0 Å². The van der Waals surface area contributed by atoms with Crippen LogP contribution in [0.15, 0.2) is 84.9 Å². The molecule has 0 radical (unpaired) electrons. The van der Waals surface area contributed by atoms with E-state index in [1.165, 1.54) is 33.4 Å². The van der Waals surface area contributed by atoms with E-state index in [0.717, 1.165) is 54.4 Å². The Kier molecular flexibility index (Phi) is 5.96. The summed E-state index contributed by atoms with van der Waals surface area (Å²) in [4.78, 5) is 13.0. The lowest BCUT2D eigenvalue weighted by molar-refractivity contribution is 0.103. The molecule has 5 rings (SSSR count). The summed E-state index contributed by atoms with van der Waals surface area (Å²) in [5.41, 5.74) is 12.1. The molecule has 0 bridgehead atoms. The molecule has 0 unspecified atom stereocenters. The van der Waals surface area contributed by atoms with E-state index in [1.54, 1.807) is 0 Å². The highest BCUT2D eigenvalue weighted by atomic mass is 16.1. The zero-order valence-corrected chi connectivity index (χ0v) is 19.5. The molecule has 33 heavy (non-hydrogen) atoms. The summed E-state index contributed by atoms with van der Waals surface area (Å²) in [5.74, 6) is 0.168. The lowest BCUT2D eigenvalue weighted by Gasteiger charge is -2.19. The van der Waals surface area contributed by atoms with Gasteiger partial charge >= 0.3 is 0 Å². The highest BCUT2D eigenvalue weighted by Gasteiger charge is 2.22. The number of hydrogen-bond donors (Lipinski definition) is 0. The number of carbonyl (C=O) groups excluding carboxylic acids is 1. The first kappa shape index (κ1) is 21.4. The molecule has 4 aromatic rings. The monoisotopic (exact) mass is 430 g/mol. The molecular formula is C32H30O. The van der Waals surface area contributed by atoms with Crippen molar-refractivity contribution in [1.82, 2.24) is 0 Å². The molecule has 164 valence electrons. The van der Waals surface area contributed by atoms with E-state index in [-0.39, 0.29) is 5.78 Å². The molecule has 0 spiro atoms. The van der Waals surface area contributed by atoms with Gasteiger partial charge in [-0.2, -0.15) is 0 Å². The van der Waals surface area contributed by atoms with Crippen LogP contribution in [0.3, 0.4) is 0 Å². The van der Waals surface area contributed by atoms with Crippen molar-refractivity contribution in [3.05, 3.63) is 141 Å². The Balaban J connectivity index is 1.21. The van der Waals surface area contributed by atoms with Gasteiger partial charge in [-0.05, 0) is 85.4 Å². The standard InChI is InChI=1S/C32H30O/c1-22-17-23(2)19-27(18-22)14-12-25-9-7-24(8-10-25)11-13-26-15-16-29-21-28-5-3-4-6-30(28)32(33)31(29)20-26/h3-10,15-20H,11-14,21H2,1-2H3. The lowest BCUT2D eigenvalue weighted by atomic mass is 9.84. The van der Waals surface area contributed by atoms with Gasteiger partial charge in [0, 0.05) is 11.1 Å². The van der Waals surface area contributed by atoms with Gasteiger partial charge in [0.1, 0.15) is 0 Å². The molecule has 0 atom stereocenters. The SMILES string of the molecule is Cc1cc(C)cc(CCc2ccc(CCc3ccc4c(c3)C(=O)c3ccccc3C4)cc2)c1. The van der Waals surface area contributed by atoms with Gasteiger partial charge in [-0.3, -0.25) is 4.79 Å². The van der Waals surface area contributed by atoms with Crippen LogP contribution in [-0.4, -0.2) is 5.78 Å². The van der Waals surface area contributed by atoms with Crippen molar-refractivity contribution >= 4 is 5.78 Å². The zero-order chi connectivity index (χ0) is 22.8. The van der Waals surface area contributed by atoms with Crippen molar-refractivity contribution in [2.75, 3.05) is 0 Å². The summed E-state index contributed by atoms with van der Waals surface area (Å²) >= 11 is 0. The Morgan fingerprint density at radius 2 is 1.09 bits per heavy atom. The lowest BCUT2D eigenvalue weighted by Crippen LogP contribution is -2.15. The Morgan fingerprint density at radius 3 is 1.79 bits per heavy atom. The highest BCUT2D eigenvalue weighted by Crippen LogP contribution is 2.28. The number of rotatable bonds is 6. The Morgan fingerprint density at radius 1 is 0.545 bits per heavy atom. The van der Waals surface area contributed by atoms with Crippen LogP contribution < -0.4 is 0 Å². The van der Waals surface area contributed by atoms with Gasteiger partial charge in [0.05, 0.1) is 0 Å². The average Bonchev–Trinajstić information content (AvgIpc) is 2.82. The number of aryl methyl sites for hydroxylation is 6. The van der Waals surface area contributed by atoms with Crippen molar-refractivity contribution < 1.29 is 4.79 Å². The minimum atomic E-state index is 0.168. The molecule has 0 aliphatic heterocycles. The van der Waals surface area contributed by atoms with Crippen molar-refractivity contribution in [3.8, 4) is 0 Å². The number of fused-ring (bicyclic) bond motifs is 2.